The van der Waals surface area contributed by atoms with E-state index in [0.717, 1.165) is 4.68 Å². The van der Waals surface area contributed by atoms with Crippen LogP contribution in [-0.4, -0.2) is 33.0 Å². The average molecular weight is 223 g/mol. The van der Waals surface area contributed by atoms with Crippen molar-refractivity contribution >= 4 is 16.9 Å². The Hall–Kier alpha value is -2.31. The van der Waals surface area contributed by atoms with Crippen molar-refractivity contribution in [2.45, 2.75) is 0 Å². The summed E-state index contributed by atoms with van der Waals surface area (Å²) in [6.45, 7) is 0. The molecule has 2 N–H and O–H groups in total. The maximum atomic E-state index is 11.8. The number of aromatic nitrogens is 3. The minimum absolute atomic E-state index is 0.0329. The number of methoxy groups -OCH3 is 1. The number of rotatable bonds is 2. The van der Waals surface area contributed by atoms with Crippen molar-refractivity contribution in [3.8, 4) is 5.75 Å². The van der Waals surface area contributed by atoms with Crippen LogP contribution in [0.4, 0.5) is 0 Å². The third-order valence-corrected chi connectivity index (χ3v) is 2.27. The van der Waals surface area contributed by atoms with Gasteiger partial charge in [0, 0.05) is 7.05 Å². The number of nitrogens with zero attached hydrogens (tertiary/aromatic N) is 2. The van der Waals surface area contributed by atoms with Gasteiger partial charge in [0.15, 0.2) is 11.4 Å². The molecular formula is C9H9N3O4. The topological polar surface area (TPSA) is 97.2 Å². The van der Waals surface area contributed by atoms with E-state index in [2.05, 4.69) is 10.1 Å². The van der Waals surface area contributed by atoms with E-state index in [9.17, 15) is 9.59 Å². The SMILES string of the molecule is COc1c(C(=O)O)[nH]c2cnn(C)c(=O)c12. The number of aromatic carboxylic acids is 1. The third-order valence-electron chi connectivity index (χ3n) is 2.27. The Kier molecular flexibility index (Phi) is 2.15. The molecule has 16 heavy (non-hydrogen) atoms. The van der Waals surface area contributed by atoms with Crippen LogP contribution in [0, 0.1) is 0 Å². The monoisotopic (exact) mass is 223 g/mol. The maximum Gasteiger partial charge on any atom is 0.356 e. The predicted molar refractivity (Wildman–Crippen MR) is 54.8 cm³/mol. The van der Waals surface area contributed by atoms with E-state index in [1.807, 2.05) is 0 Å². The molecule has 0 spiro atoms. The number of carboxylic acid groups (broad SMARTS) is 1. The van der Waals surface area contributed by atoms with Crippen LogP contribution in [0.25, 0.3) is 10.9 Å². The van der Waals surface area contributed by atoms with Gasteiger partial charge in [-0.25, -0.2) is 9.48 Å². The summed E-state index contributed by atoms with van der Waals surface area (Å²) in [5, 5.41) is 12.9. The zero-order valence-electron chi connectivity index (χ0n) is 8.64. The fraction of sp³-hybridized carbons (Fsp3) is 0.222. The van der Waals surface area contributed by atoms with E-state index >= 15 is 0 Å². The lowest BCUT2D eigenvalue weighted by Crippen LogP contribution is -2.18. The number of hydrogen-bond acceptors (Lipinski definition) is 4. The van der Waals surface area contributed by atoms with Gasteiger partial charge in [-0.15, -0.1) is 0 Å². The molecule has 0 fully saturated rings. The van der Waals surface area contributed by atoms with Crippen LogP contribution >= 0.6 is 0 Å². The summed E-state index contributed by atoms with van der Waals surface area (Å²) in [7, 11) is 2.80. The lowest BCUT2D eigenvalue weighted by atomic mass is 10.3. The molecule has 0 bridgehead atoms. The van der Waals surface area contributed by atoms with Gasteiger partial charge in [-0.2, -0.15) is 5.10 Å². The van der Waals surface area contributed by atoms with Crippen LogP contribution in [0.15, 0.2) is 11.0 Å². The van der Waals surface area contributed by atoms with E-state index in [-0.39, 0.29) is 16.8 Å². The van der Waals surface area contributed by atoms with Crippen LogP contribution in [0.5, 0.6) is 5.75 Å². The van der Waals surface area contributed by atoms with Gasteiger partial charge in [0.1, 0.15) is 5.39 Å². The van der Waals surface area contributed by atoms with Gasteiger partial charge in [-0.05, 0) is 0 Å². The molecule has 0 saturated carbocycles. The van der Waals surface area contributed by atoms with Crippen molar-refractivity contribution in [1.82, 2.24) is 14.8 Å². The van der Waals surface area contributed by atoms with Gasteiger partial charge in [-0.1, -0.05) is 0 Å². The Morgan fingerprint density at radius 3 is 2.88 bits per heavy atom. The van der Waals surface area contributed by atoms with Crippen molar-refractivity contribution in [3.05, 3.63) is 22.2 Å². The summed E-state index contributed by atoms with van der Waals surface area (Å²) >= 11 is 0. The molecule has 0 aliphatic rings. The van der Waals surface area contributed by atoms with Crippen LogP contribution in [0.3, 0.4) is 0 Å². The molecule has 2 aromatic heterocycles. The molecule has 0 atom stereocenters. The molecule has 0 aliphatic heterocycles. The van der Waals surface area contributed by atoms with E-state index < -0.39 is 11.5 Å². The zero-order chi connectivity index (χ0) is 11.9. The quantitative estimate of drug-likeness (QED) is 0.745. The Bertz CT molecular complexity index is 625. The van der Waals surface area contributed by atoms with Crippen molar-refractivity contribution in [2.24, 2.45) is 7.05 Å². The Morgan fingerprint density at radius 1 is 1.62 bits per heavy atom. The number of hydrogen-bond donors (Lipinski definition) is 2. The zero-order valence-corrected chi connectivity index (χ0v) is 8.64. The average Bonchev–Trinajstić information content (AvgIpc) is 2.62. The number of aryl methyl sites for hydroxylation is 1. The molecule has 7 nitrogen and oxygen atoms in total. The second kappa shape index (κ2) is 3.37. The first kappa shape index (κ1) is 10.2. The Labute approximate surface area is 89.3 Å². The molecule has 0 saturated heterocycles. The molecule has 7 heteroatoms. The van der Waals surface area contributed by atoms with Gasteiger partial charge >= 0.3 is 5.97 Å². The predicted octanol–water partition coefficient (Wildman–Crippen LogP) is -0.0316. The second-order valence-electron chi connectivity index (χ2n) is 3.20. The molecule has 2 aromatic rings. The number of aromatic amines is 1. The summed E-state index contributed by atoms with van der Waals surface area (Å²) in [6, 6.07) is 0. The second-order valence-corrected chi connectivity index (χ2v) is 3.20. The molecule has 2 heterocycles. The fourth-order valence-electron chi connectivity index (χ4n) is 1.52. The summed E-state index contributed by atoms with van der Waals surface area (Å²) < 4.78 is 6.06. The number of carboxylic acids is 1. The minimum Gasteiger partial charge on any atom is -0.493 e. The molecule has 0 unspecified atom stereocenters. The first-order chi connectivity index (χ1) is 7.56. The highest BCUT2D eigenvalue weighted by Crippen LogP contribution is 2.26. The van der Waals surface area contributed by atoms with E-state index in [1.54, 1.807) is 0 Å². The van der Waals surface area contributed by atoms with Crippen LogP contribution in [0.1, 0.15) is 10.5 Å². The Morgan fingerprint density at radius 2 is 2.31 bits per heavy atom. The number of ether oxygens (including phenoxy) is 1. The number of H-pyrrole nitrogens is 1. The van der Waals surface area contributed by atoms with Gasteiger partial charge in [0.05, 0.1) is 18.8 Å². The lowest BCUT2D eigenvalue weighted by molar-refractivity contribution is 0.0688. The summed E-state index contributed by atoms with van der Waals surface area (Å²) in [5.74, 6) is -1.15. The van der Waals surface area contributed by atoms with Crippen molar-refractivity contribution in [3.63, 3.8) is 0 Å². The van der Waals surface area contributed by atoms with Crippen LogP contribution in [0.2, 0.25) is 0 Å². The molecule has 0 amide bonds. The molecule has 0 radical (unpaired) electrons. The Balaban J connectivity index is 2.95. The molecule has 0 aromatic carbocycles. The van der Waals surface area contributed by atoms with Crippen molar-refractivity contribution < 1.29 is 14.6 Å². The largest absolute Gasteiger partial charge is 0.493 e. The van der Waals surface area contributed by atoms with Gasteiger partial charge in [-0.3, -0.25) is 4.79 Å². The van der Waals surface area contributed by atoms with Crippen LogP contribution < -0.4 is 10.3 Å². The number of carbonyl (C=O) groups is 1. The van der Waals surface area contributed by atoms with E-state index in [1.165, 1.54) is 20.4 Å². The van der Waals surface area contributed by atoms with Crippen molar-refractivity contribution in [1.29, 1.82) is 0 Å². The van der Waals surface area contributed by atoms with Gasteiger partial charge < -0.3 is 14.8 Å². The van der Waals surface area contributed by atoms with Gasteiger partial charge in [0.2, 0.25) is 0 Å². The van der Waals surface area contributed by atoms with Crippen molar-refractivity contribution in [2.75, 3.05) is 7.11 Å². The third kappa shape index (κ3) is 1.25. The standard InChI is InChI=1S/C9H9N3O4/c1-12-8(13)5-4(3-10-12)11-6(9(14)15)7(5)16-2/h3,11H,1-2H3,(H,14,15). The lowest BCUT2D eigenvalue weighted by Gasteiger charge is -1.99. The molecule has 2 rings (SSSR count). The van der Waals surface area contributed by atoms with E-state index in [4.69, 9.17) is 9.84 Å². The summed E-state index contributed by atoms with van der Waals surface area (Å²) in [4.78, 5) is 25.2. The number of fused-ring (bicyclic) bond motifs is 1. The highest BCUT2D eigenvalue weighted by molar-refractivity contribution is 5.99. The summed E-state index contributed by atoms with van der Waals surface area (Å²) in [6.07, 6.45) is 1.38. The smallest absolute Gasteiger partial charge is 0.356 e. The summed E-state index contributed by atoms with van der Waals surface area (Å²) in [5.41, 5.74) is -0.210. The van der Waals surface area contributed by atoms with Gasteiger partial charge in [0.25, 0.3) is 5.56 Å². The normalized spacial score (nSPS) is 10.6. The maximum absolute atomic E-state index is 11.8. The fourth-order valence-corrected chi connectivity index (χ4v) is 1.52. The minimum atomic E-state index is -1.19. The molecule has 84 valence electrons. The molecular weight excluding hydrogens is 214 g/mol. The molecule has 0 aliphatic carbocycles. The first-order valence-corrected chi connectivity index (χ1v) is 4.41. The highest BCUT2D eigenvalue weighted by Gasteiger charge is 2.20. The number of nitrogens with one attached hydrogen (secondary N) is 1. The van der Waals surface area contributed by atoms with Crippen LogP contribution in [-0.2, 0) is 7.05 Å². The first-order valence-electron chi connectivity index (χ1n) is 4.41. The van der Waals surface area contributed by atoms with E-state index in [0.29, 0.717) is 5.52 Å². The highest BCUT2D eigenvalue weighted by atomic mass is 16.5.